The smallest absolute Gasteiger partial charge is 0.269 e. The van der Waals surface area contributed by atoms with Gasteiger partial charge >= 0.3 is 0 Å². The number of likely N-dealkylation sites (tertiary alicyclic amines) is 1. The van der Waals surface area contributed by atoms with Crippen molar-refractivity contribution in [2.45, 2.75) is 25.7 Å². The topological polar surface area (TPSA) is 88.7 Å². The van der Waals surface area contributed by atoms with Crippen LogP contribution in [0.5, 0.6) is 11.5 Å². The van der Waals surface area contributed by atoms with Crippen LogP contribution in [0.3, 0.4) is 0 Å². The molecule has 0 atom stereocenters. The number of benzene rings is 2. The lowest BCUT2D eigenvalue weighted by molar-refractivity contribution is 0.0994. The van der Waals surface area contributed by atoms with Gasteiger partial charge in [0, 0.05) is 17.3 Å². The Morgan fingerprint density at radius 1 is 1.14 bits per heavy atom. The fourth-order valence-corrected chi connectivity index (χ4v) is 4.58. The van der Waals surface area contributed by atoms with Crippen molar-refractivity contribution >= 4 is 11.6 Å². The van der Waals surface area contributed by atoms with Gasteiger partial charge in [0.15, 0.2) is 11.3 Å². The van der Waals surface area contributed by atoms with Gasteiger partial charge in [-0.15, -0.1) is 5.92 Å². The van der Waals surface area contributed by atoms with Crippen molar-refractivity contribution in [2.75, 3.05) is 19.6 Å². The number of hydrogen-bond acceptors (Lipinski definition) is 4. The van der Waals surface area contributed by atoms with Crippen molar-refractivity contribution in [1.82, 2.24) is 19.5 Å². The van der Waals surface area contributed by atoms with E-state index in [1.54, 1.807) is 28.8 Å². The number of nitrogens with zero attached hydrogens (tertiary/aromatic N) is 3. The monoisotopic (exact) mass is 471 g/mol. The highest BCUT2D eigenvalue weighted by atomic mass is 19.1. The van der Waals surface area contributed by atoms with E-state index in [0.717, 1.165) is 49.2 Å². The first-order valence-electron chi connectivity index (χ1n) is 11.6. The molecule has 35 heavy (non-hydrogen) atoms. The molecule has 4 aromatic rings. The first kappa shape index (κ1) is 22.7. The summed E-state index contributed by atoms with van der Waals surface area (Å²) in [5, 5.41) is 3.18. The van der Waals surface area contributed by atoms with Crippen molar-refractivity contribution in [1.29, 1.82) is 0 Å². The summed E-state index contributed by atoms with van der Waals surface area (Å²) >= 11 is 0. The van der Waals surface area contributed by atoms with Crippen LogP contribution in [-0.2, 0) is 0 Å². The Morgan fingerprint density at radius 2 is 1.80 bits per heavy atom. The van der Waals surface area contributed by atoms with E-state index < -0.39 is 5.91 Å². The van der Waals surface area contributed by atoms with Gasteiger partial charge in [0.2, 0.25) is 0 Å². The molecule has 1 aliphatic rings. The standard InChI is InChI=1S/C27H26FN5O2/c1-2-3-14-32-15-12-18(13-16-32)23-17-30-33-25(26(29)34)24(31-27(23)33)19-4-8-21(9-5-19)35-22-10-6-20(28)7-11-22/h4-11,17-18,30H,12-16H2,1H3,(H2,29,34). The molecule has 0 bridgehead atoms. The number of carbonyl (C=O) groups is 1. The molecular weight excluding hydrogens is 445 g/mol. The second-order valence-corrected chi connectivity index (χ2v) is 8.62. The number of aromatic nitrogens is 3. The van der Waals surface area contributed by atoms with Gasteiger partial charge in [-0.05, 0) is 87.3 Å². The van der Waals surface area contributed by atoms with Crippen molar-refractivity contribution in [3.05, 3.63) is 71.8 Å². The van der Waals surface area contributed by atoms with Gasteiger partial charge in [-0.3, -0.25) is 14.8 Å². The van der Waals surface area contributed by atoms with Crippen molar-refractivity contribution in [2.24, 2.45) is 5.73 Å². The number of rotatable bonds is 6. The second-order valence-electron chi connectivity index (χ2n) is 8.62. The molecular formula is C27H26FN5O2. The van der Waals surface area contributed by atoms with Gasteiger partial charge in [-0.2, -0.15) is 0 Å². The van der Waals surface area contributed by atoms with Crippen LogP contribution < -0.4 is 10.5 Å². The molecule has 1 aliphatic heterocycles. The zero-order valence-corrected chi connectivity index (χ0v) is 19.4. The van der Waals surface area contributed by atoms with E-state index in [1.807, 2.05) is 25.3 Å². The third-order valence-corrected chi connectivity index (χ3v) is 6.40. The lowest BCUT2D eigenvalue weighted by Gasteiger charge is -2.30. The Kier molecular flexibility index (Phi) is 6.25. The SMILES string of the molecule is CC#CCN1CCC(c2c[nH]n3c(C(N)=O)c(-c4ccc(Oc5ccc(F)cc5)cc4)nc23)CC1. The van der Waals surface area contributed by atoms with Crippen LogP contribution in [0, 0.1) is 17.7 Å². The molecule has 0 radical (unpaired) electrons. The lowest BCUT2D eigenvalue weighted by atomic mass is 9.91. The molecule has 1 amide bonds. The number of halogens is 1. The maximum absolute atomic E-state index is 13.1. The minimum Gasteiger partial charge on any atom is -0.457 e. The molecule has 178 valence electrons. The van der Waals surface area contributed by atoms with Gasteiger partial charge in [-0.25, -0.2) is 13.9 Å². The number of H-pyrrole nitrogens is 1. The van der Waals surface area contributed by atoms with Crippen molar-refractivity contribution in [3.63, 3.8) is 0 Å². The van der Waals surface area contributed by atoms with Crippen LogP contribution in [0.15, 0.2) is 54.7 Å². The molecule has 2 aromatic carbocycles. The molecule has 8 heteroatoms. The number of amides is 1. The summed E-state index contributed by atoms with van der Waals surface area (Å²) in [4.78, 5) is 19.6. The van der Waals surface area contributed by atoms with Crippen LogP contribution in [0.25, 0.3) is 16.9 Å². The van der Waals surface area contributed by atoms with Gasteiger partial charge in [-0.1, -0.05) is 5.92 Å². The number of aromatic amines is 1. The Labute approximate surface area is 202 Å². The van der Waals surface area contributed by atoms with Gasteiger partial charge in [0.05, 0.1) is 6.54 Å². The maximum atomic E-state index is 13.1. The lowest BCUT2D eigenvalue weighted by Crippen LogP contribution is -2.33. The van der Waals surface area contributed by atoms with E-state index in [2.05, 4.69) is 21.8 Å². The first-order valence-corrected chi connectivity index (χ1v) is 11.6. The van der Waals surface area contributed by atoms with Crippen LogP contribution in [0.4, 0.5) is 4.39 Å². The average Bonchev–Trinajstić information content (AvgIpc) is 3.44. The maximum Gasteiger partial charge on any atom is 0.269 e. The molecule has 7 nitrogen and oxygen atoms in total. The molecule has 0 saturated carbocycles. The van der Waals surface area contributed by atoms with Crippen LogP contribution in [-0.4, -0.2) is 45.0 Å². The number of nitrogens with two attached hydrogens (primary N) is 1. The zero-order chi connectivity index (χ0) is 24.4. The first-order chi connectivity index (χ1) is 17.0. The molecule has 1 saturated heterocycles. The Morgan fingerprint density at radius 3 is 2.43 bits per heavy atom. The second kappa shape index (κ2) is 9.65. The van der Waals surface area contributed by atoms with Crippen LogP contribution in [0.2, 0.25) is 0 Å². The van der Waals surface area contributed by atoms with Crippen LogP contribution in [0.1, 0.15) is 41.7 Å². The summed E-state index contributed by atoms with van der Waals surface area (Å²) in [5.74, 6) is 6.68. The van der Waals surface area contributed by atoms with Crippen molar-refractivity contribution in [3.8, 4) is 34.6 Å². The minimum atomic E-state index is -0.555. The molecule has 3 N–H and O–H groups in total. The van der Waals surface area contributed by atoms with Crippen LogP contribution >= 0.6 is 0 Å². The average molecular weight is 472 g/mol. The quantitative estimate of drug-likeness (QED) is 0.404. The molecule has 3 heterocycles. The zero-order valence-electron chi connectivity index (χ0n) is 19.4. The fourth-order valence-electron chi connectivity index (χ4n) is 4.58. The number of piperidine rings is 1. The third kappa shape index (κ3) is 4.63. The molecule has 0 spiro atoms. The van der Waals surface area contributed by atoms with E-state index in [1.165, 1.54) is 12.1 Å². The Hall–Kier alpha value is -4.09. The van der Waals surface area contributed by atoms with E-state index in [0.29, 0.717) is 28.8 Å². The summed E-state index contributed by atoms with van der Waals surface area (Å²) < 4.78 is 20.6. The summed E-state index contributed by atoms with van der Waals surface area (Å²) in [6, 6.07) is 13.1. The van der Waals surface area contributed by atoms with Gasteiger partial charge in [0.1, 0.15) is 23.0 Å². The molecule has 5 rings (SSSR count). The number of ether oxygens (including phenoxy) is 1. The number of fused-ring (bicyclic) bond motifs is 1. The van der Waals surface area contributed by atoms with Gasteiger partial charge < -0.3 is 10.5 Å². The number of imidazole rings is 1. The van der Waals surface area contributed by atoms with Gasteiger partial charge in [0.25, 0.3) is 5.91 Å². The third-order valence-electron chi connectivity index (χ3n) is 6.40. The molecule has 2 aromatic heterocycles. The predicted octanol–water partition coefficient (Wildman–Crippen LogP) is 4.56. The van der Waals surface area contributed by atoms with Crippen molar-refractivity contribution < 1.29 is 13.9 Å². The number of hydrogen-bond donors (Lipinski definition) is 2. The highest BCUT2D eigenvalue weighted by molar-refractivity contribution is 5.98. The highest BCUT2D eigenvalue weighted by Gasteiger charge is 2.27. The number of primary amides is 1. The van der Waals surface area contributed by atoms with E-state index in [4.69, 9.17) is 15.5 Å². The highest BCUT2D eigenvalue weighted by Crippen LogP contribution is 2.34. The number of nitrogens with one attached hydrogen (secondary N) is 1. The Balaban J connectivity index is 1.41. The van der Waals surface area contributed by atoms with E-state index >= 15 is 0 Å². The number of carbonyl (C=O) groups excluding carboxylic acids is 1. The molecule has 1 fully saturated rings. The molecule has 0 unspecified atom stereocenters. The largest absolute Gasteiger partial charge is 0.457 e. The summed E-state index contributed by atoms with van der Waals surface area (Å²) in [7, 11) is 0. The summed E-state index contributed by atoms with van der Waals surface area (Å²) in [5.41, 5.74) is 9.18. The normalized spacial score (nSPS) is 14.6. The minimum absolute atomic E-state index is 0.314. The fraction of sp³-hybridized carbons (Fsp3) is 0.259. The van der Waals surface area contributed by atoms with E-state index in [-0.39, 0.29) is 5.82 Å². The van der Waals surface area contributed by atoms with E-state index in [9.17, 15) is 9.18 Å². The summed E-state index contributed by atoms with van der Waals surface area (Å²) in [6.07, 6.45) is 3.94. The predicted molar refractivity (Wildman–Crippen MR) is 132 cm³/mol. The molecule has 0 aliphatic carbocycles. The summed E-state index contributed by atoms with van der Waals surface area (Å²) in [6.45, 7) is 4.61. The Bertz CT molecular complexity index is 1400.